The number of amides is 1. The molecular formula is C28H29N3O4S. The van der Waals surface area contributed by atoms with E-state index >= 15 is 0 Å². The van der Waals surface area contributed by atoms with Crippen LogP contribution in [0.5, 0.6) is 5.88 Å². The van der Waals surface area contributed by atoms with Crippen LogP contribution in [0.2, 0.25) is 0 Å². The summed E-state index contributed by atoms with van der Waals surface area (Å²) in [7, 11) is -2.48. The van der Waals surface area contributed by atoms with Gasteiger partial charge in [0.1, 0.15) is 0 Å². The number of carbonyl (C=O) groups excluding carboxylic acids is 1. The number of aryl methyl sites for hydroxylation is 1. The molecule has 186 valence electrons. The molecule has 0 unspecified atom stereocenters. The Balaban J connectivity index is 1.70. The van der Waals surface area contributed by atoms with Gasteiger partial charge in [-0.05, 0) is 43.5 Å². The molecule has 4 aromatic rings. The smallest absolute Gasteiger partial charge is 0.265 e. The van der Waals surface area contributed by atoms with Crippen molar-refractivity contribution in [3.63, 3.8) is 0 Å². The third kappa shape index (κ3) is 5.18. The van der Waals surface area contributed by atoms with E-state index in [9.17, 15) is 13.2 Å². The van der Waals surface area contributed by atoms with Crippen LogP contribution in [0.25, 0.3) is 10.8 Å². The molecule has 4 rings (SSSR count). The highest BCUT2D eigenvalue weighted by atomic mass is 32.2. The normalized spacial score (nSPS) is 11.3. The Morgan fingerprint density at radius 2 is 1.64 bits per heavy atom. The number of ether oxygens (including phenoxy) is 1. The van der Waals surface area contributed by atoms with Crippen LogP contribution in [0, 0.1) is 6.92 Å². The molecule has 0 aliphatic rings. The summed E-state index contributed by atoms with van der Waals surface area (Å²) >= 11 is 0. The summed E-state index contributed by atoms with van der Waals surface area (Å²) < 4.78 is 34.5. The maximum absolute atomic E-state index is 14.0. The number of carbonyl (C=O) groups is 1. The third-order valence-corrected chi connectivity index (χ3v) is 7.96. The molecule has 0 spiro atoms. The van der Waals surface area contributed by atoms with Gasteiger partial charge in [-0.3, -0.25) is 9.10 Å². The Bertz CT molecular complexity index is 1450. The number of anilines is 1. The van der Waals surface area contributed by atoms with Crippen molar-refractivity contribution in [1.29, 1.82) is 0 Å². The van der Waals surface area contributed by atoms with Gasteiger partial charge in [0.15, 0.2) is 0 Å². The zero-order valence-corrected chi connectivity index (χ0v) is 21.4. The molecule has 0 N–H and O–H groups in total. The standard InChI is InChI=1S/C28H29N3O4S/c1-4-30(28(32)23-14-12-21(2)13-15-23)18-19-31(24-16-17-27(35-3)29-20-24)36(33,34)26-11-7-9-22-8-5-6-10-25(22)26/h5-17,20H,4,18-19H2,1-3H3. The van der Waals surface area contributed by atoms with Crippen molar-refractivity contribution >= 4 is 32.4 Å². The number of nitrogens with zero attached hydrogens (tertiary/aromatic N) is 3. The van der Waals surface area contributed by atoms with Crippen molar-refractivity contribution in [2.45, 2.75) is 18.7 Å². The molecule has 0 radical (unpaired) electrons. The molecule has 0 fully saturated rings. The van der Waals surface area contributed by atoms with E-state index in [4.69, 9.17) is 4.74 Å². The summed E-state index contributed by atoms with van der Waals surface area (Å²) in [6, 6.07) is 23.2. The first kappa shape index (κ1) is 25.2. The minimum absolute atomic E-state index is 0.0605. The van der Waals surface area contributed by atoms with Gasteiger partial charge in [0.25, 0.3) is 15.9 Å². The lowest BCUT2D eigenvalue weighted by Gasteiger charge is -2.28. The van der Waals surface area contributed by atoms with Crippen molar-refractivity contribution in [3.05, 3.63) is 96.2 Å². The van der Waals surface area contributed by atoms with Gasteiger partial charge in [0.05, 0.1) is 30.4 Å². The van der Waals surface area contributed by atoms with Crippen molar-refractivity contribution in [2.75, 3.05) is 31.0 Å². The molecule has 0 bridgehead atoms. The molecule has 1 heterocycles. The molecule has 0 aliphatic heterocycles. The van der Waals surface area contributed by atoms with Gasteiger partial charge in [-0.25, -0.2) is 13.4 Å². The number of likely N-dealkylation sites (N-methyl/N-ethyl adjacent to an activating group) is 1. The van der Waals surface area contributed by atoms with Crippen molar-refractivity contribution in [1.82, 2.24) is 9.88 Å². The summed E-state index contributed by atoms with van der Waals surface area (Å²) in [6.07, 6.45) is 1.47. The predicted molar refractivity (Wildman–Crippen MR) is 142 cm³/mol. The largest absolute Gasteiger partial charge is 0.481 e. The van der Waals surface area contributed by atoms with Gasteiger partial charge in [-0.2, -0.15) is 0 Å². The lowest BCUT2D eigenvalue weighted by molar-refractivity contribution is 0.0769. The minimum Gasteiger partial charge on any atom is -0.481 e. The quantitative estimate of drug-likeness (QED) is 0.324. The van der Waals surface area contributed by atoms with Gasteiger partial charge in [-0.1, -0.05) is 54.1 Å². The van der Waals surface area contributed by atoms with Crippen LogP contribution < -0.4 is 9.04 Å². The van der Waals surface area contributed by atoms with E-state index in [0.717, 1.165) is 10.9 Å². The lowest BCUT2D eigenvalue weighted by Crippen LogP contribution is -2.41. The summed E-state index contributed by atoms with van der Waals surface area (Å²) in [6.45, 7) is 4.55. The number of rotatable bonds is 9. The highest BCUT2D eigenvalue weighted by molar-refractivity contribution is 7.93. The second-order valence-corrected chi connectivity index (χ2v) is 10.2. The van der Waals surface area contributed by atoms with E-state index in [0.29, 0.717) is 29.1 Å². The number of hydrogen-bond donors (Lipinski definition) is 0. The Hall–Kier alpha value is -3.91. The van der Waals surface area contributed by atoms with Crippen LogP contribution >= 0.6 is 0 Å². The first-order chi connectivity index (χ1) is 17.3. The van der Waals surface area contributed by atoms with Crippen LogP contribution in [0.15, 0.2) is 90.0 Å². The monoisotopic (exact) mass is 503 g/mol. The maximum atomic E-state index is 14.0. The van der Waals surface area contributed by atoms with E-state index in [2.05, 4.69) is 4.98 Å². The number of aromatic nitrogens is 1. The van der Waals surface area contributed by atoms with E-state index < -0.39 is 10.0 Å². The number of sulfonamides is 1. The first-order valence-electron chi connectivity index (χ1n) is 11.7. The predicted octanol–water partition coefficient (Wildman–Crippen LogP) is 4.91. The molecular weight excluding hydrogens is 474 g/mol. The molecule has 8 heteroatoms. The Morgan fingerprint density at radius 1 is 0.917 bits per heavy atom. The van der Waals surface area contributed by atoms with Gasteiger partial charge >= 0.3 is 0 Å². The molecule has 0 saturated heterocycles. The van der Waals surface area contributed by atoms with E-state index in [1.807, 2.05) is 50.2 Å². The Kier molecular flexibility index (Phi) is 7.55. The van der Waals surface area contributed by atoms with Crippen molar-refractivity contribution in [2.24, 2.45) is 0 Å². The zero-order valence-electron chi connectivity index (χ0n) is 20.6. The molecule has 36 heavy (non-hydrogen) atoms. The molecule has 0 aliphatic carbocycles. The summed E-state index contributed by atoms with van der Waals surface area (Å²) in [5.74, 6) is 0.235. The fourth-order valence-electron chi connectivity index (χ4n) is 4.06. The lowest BCUT2D eigenvalue weighted by atomic mass is 10.1. The van der Waals surface area contributed by atoms with Gasteiger partial charge in [-0.15, -0.1) is 0 Å². The second-order valence-electron chi connectivity index (χ2n) is 8.36. The highest BCUT2D eigenvalue weighted by Crippen LogP contribution is 2.29. The minimum atomic E-state index is -3.99. The van der Waals surface area contributed by atoms with E-state index in [-0.39, 0.29) is 23.9 Å². The van der Waals surface area contributed by atoms with Crippen LogP contribution in [0.1, 0.15) is 22.8 Å². The summed E-state index contributed by atoms with van der Waals surface area (Å²) in [4.78, 5) is 19.2. The molecule has 0 atom stereocenters. The van der Waals surface area contributed by atoms with Crippen molar-refractivity contribution < 1.29 is 17.9 Å². The molecule has 3 aromatic carbocycles. The van der Waals surface area contributed by atoms with Crippen LogP contribution in [-0.4, -0.2) is 51.0 Å². The molecule has 7 nitrogen and oxygen atoms in total. The Labute approximate surface area is 212 Å². The zero-order chi connectivity index (χ0) is 25.7. The fourth-order valence-corrected chi connectivity index (χ4v) is 5.72. The summed E-state index contributed by atoms with van der Waals surface area (Å²) in [5.41, 5.74) is 2.02. The highest BCUT2D eigenvalue weighted by Gasteiger charge is 2.28. The number of benzene rings is 3. The number of pyridine rings is 1. The maximum Gasteiger partial charge on any atom is 0.265 e. The second kappa shape index (κ2) is 10.8. The fraction of sp³-hybridized carbons (Fsp3) is 0.214. The number of fused-ring (bicyclic) bond motifs is 1. The van der Waals surface area contributed by atoms with Crippen LogP contribution in [-0.2, 0) is 10.0 Å². The molecule has 1 amide bonds. The van der Waals surface area contributed by atoms with E-state index in [1.165, 1.54) is 17.6 Å². The average molecular weight is 504 g/mol. The van der Waals surface area contributed by atoms with Gasteiger partial charge < -0.3 is 9.64 Å². The summed E-state index contributed by atoms with van der Waals surface area (Å²) in [5, 5.41) is 1.46. The number of hydrogen-bond acceptors (Lipinski definition) is 5. The first-order valence-corrected chi connectivity index (χ1v) is 13.2. The SMILES string of the molecule is CCN(CCN(c1ccc(OC)nc1)S(=O)(=O)c1cccc2ccccc12)C(=O)c1ccc(C)cc1. The number of methoxy groups -OCH3 is 1. The van der Waals surface area contributed by atoms with Crippen LogP contribution in [0.4, 0.5) is 5.69 Å². The van der Waals surface area contributed by atoms with Gasteiger partial charge in [0.2, 0.25) is 5.88 Å². The topological polar surface area (TPSA) is 79.8 Å². The average Bonchev–Trinajstić information content (AvgIpc) is 2.91. The third-order valence-electron chi connectivity index (χ3n) is 6.08. The van der Waals surface area contributed by atoms with Gasteiger partial charge in [0, 0.05) is 30.1 Å². The van der Waals surface area contributed by atoms with Crippen molar-refractivity contribution in [3.8, 4) is 5.88 Å². The van der Waals surface area contributed by atoms with Crippen LogP contribution in [0.3, 0.4) is 0 Å². The Morgan fingerprint density at radius 3 is 2.31 bits per heavy atom. The molecule has 0 saturated carbocycles. The van der Waals surface area contributed by atoms with E-state index in [1.54, 1.807) is 47.4 Å². The molecule has 1 aromatic heterocycles.